The van der Waals surface area contributed by atoms with Gasteiger partial charge in [-0.15, -0.1) is 0 Å². The maximum absolute atomic E-state index is 14.1. The van der Waals surface area contributed by atoms with Gasteiger partial charge in [0.15, 0.2) is 21.4 Å². The minimum Gasteiger partial charge on any atom is -0.490 e. The summed E-state index contributed by atoms with van der Waals surface area (Å²) in [5.41, 5.74) is 0.743. The van der Waals surface area contributed by atoms with Gasteiger partial charge in [-0.3, -0.25) is 14.9 Å². The van der Waals surface area contributed by atoms with Gasteiger partial charge in [0.1, 0.15) is 0 Å². The maximum atomic E-state index is 14.1. The second kappa shape index (κ2) is 11.1. The third-order valence-corrected chi connectivity index (χ3v) is 8.13. The Bertz CT molecular complexity index is 955. The fraction of sp³-hybridized carbons (Fsp3) is 0.583. The monoisotopic (exact) mass is 465 g/mol. The van der Waals surface area contributed by atoms with Crippen LogP contribution in [0.15, 0.2) is 30.4 Å². The van der Waals surface area contributed by atoms with Gasteiger partial charge in [0, 0.05) is 12.3 Å². The van der Waals surface area contributed by atoms with Crippen molar-refractivity contribution >= 4 is 21.7 Å². The Hall–Kier alpha value is -2.22. The first-order valence-corrected chi connectivity index (χ1v) is 13.2. The van der Waals surface area contributed by atoms with E-state index in [9.17, 15) is 22.4 Å². The van der Waals surface area contributed by atoms with E-state index in [-0.39, 0.29) is 40.9 Å². The van der Waals surface area contributed by atoms with Gasteiger partial charge in [0.05, 0.1) is 18.1 Å². The molecule has 1 heterocycles. The Morgan fingerprint density at radius 1 is 1.22 bits per heavy atom. The summed E-state index contributed by atoms with van der Waals surface area (Å²) < 4.78 is 44.8. The van der Waals surface area contributed by atoms with E-state index in [0.29, 0.717) is 38.2 Å². The number of benzene rings is 1. The zero-order valence-corrected chi connectivity index (χ0v) is 19.3. The van der Waals surface area contributed by atoms with E-state index in [1.807, 2.05) is 13.0 Å². The van der Waals surface area contributed by atoms with Crippen LogP contribution in [0.1, 0.15) is 63.4 Å². The van der Waals surface area contributed by atoms with E-state index in [4.69, 9.17) is 4.74 Å². The molecule has 176 valence electrons. The molecule has 1 unspecified atom stereocenters. The van der Waals surface area contributed by atoms with E-state index < -0.39 is 15.7 Å². The van der Waals surface area contributed by atoms with Crippen molar-refractivity contribution < 1.29 is 27.1 Å². The quantitative estimate of drug-likeness (QED) is 0.395. The highest BCUT2D eigenvalue weighted by atomic mass is 32.2. The normalized spacial score (nSPS) is 20.8. The number of ether oxygens (including phenoxy) is 1. The zero-order chi connectivity index (χ0) is 23.1. The van der Waals surface area contributed by atoms with E-state index in [1.54, 1.807) is 18.2 Å². The summed E-state index contributed by atoms with van der Waals surface area (Å²) in [6.45, 7) is 2.32. The van der Waals surface area contributed by atoms with E-state index >= 15 is 0 Å². The largest absolute Gasteiger partial charge is 0.490 e. The summed E-state index contributed by atoms with van der Waals surface area (Å²) in [6, 6.07) is 4.58. The molecule has 1 saturated carbocycles. The SMILES string of the molecule is C[C@@H](CS(=O)(=O)CC/C=C/CC1CCC(=O)NC1=O)c1ccc(F)c(OCC2CCC2)c1. The lowest BCUT2D eigenvalue weighted by Gasteiger charge is -2.25. The second-order valence-electron chi connectivity index (χ2n) is 8.96. The molecule has 1 aliphatic carbocycles. The summed E-state index contributed by atoms with van der Waals surface area (Å²) in [5.74, 6) is -0.787. The summed E-state index contributed by atoms with van der Waals surface area (Å²) in [5, 5.41) is 2.32. The second-order valence-corrected chi connectivity index (χ2v) is 11.2. The lowest BCUT2D eigenvalue weighted by atomic mass is 9.86. The van der Waals surface area contributed by atoms with Gasteiger partial charge in [0.25, 0.3) is 0 Å². The molecule has 2 fully saturated rings. The highest BCUT2D eigenvalue weighted by molar-refractivity contribution is 7.91. The Kier molecular flexibility index (Phi) is 8.45. The molecule has 0 aromatic heterocycles. The fourth-order valence-electron chi connectivity index (χ4n) is 3.95. The average molecular weight is 466 g/mol. The first kappa shape index (κ1) is 24.4. The predicted molar refractivity (Wildman–Crippen MR) is 121 cm³/mol. The smallest absolute Gasteiger partial charge is 0.229 e. The van der Waals surface area contributed by atoms with Gasteiger partial charge >= 0.3 is 0 Å². The number of rotatable bonds is 11. The van der Waals surface area contributed by atoms with Crippen LogP contribution in [0.25, 0.3) is 0 Å². The van der Waals surface area contributed by atoms with Crippen molar-refractivity contribution in [2.75, 3.05) is 18.1 Å². The summed E-state index contributed by atoms with van der Waals surface area (Å²) in [7, 11) is -3.31. The van der Waals surface area contributed by atoms with Crippen LogP contribution in [0.3, 0.4) is 0 Å². The van der Waals surface area contributed by atoms with Crippen LogP contribution >= 0.6 is 0 Å². The lowest BCUT2D eigenvalue weighted by molar-refractivity contribution is -0.136. The molecule has 1 aromatic rings. The Morgan fingerprint density at radius 3 is 2.69 bits per heavy atom. The molecule has 1 aromatic carbocycles. The number of amides is 2. The number of imide groups is 1. The number of halogens is 1. The van der Waals surface area contributed by atoms with Gasteiger partial charge in [-0.1, -0.05) is 31.6 Å². The van der Waals surface area contributed by atoms with Crippen molar-refractivity contribution in [3.05, 3.63) is 41.7 Å². The molecule has 3 rings (SSSR count). The molecule has 1 N–H and O–H groups in total. The average Bonchev–Trinajstić information content (AvgIpc) is 2.69. The lowest BCUT2D eigenvalue weighted by Crippen LogP contribution is -2.40. The predicted octanol–water partition coefficient (Wildman–Crippen LogP) is 3.91. The molecule has 1 aliphatic heterocycles. The highest BCUT2D eigenvalue weighted by Crippen LogP contribution is 2.29. The van der Waals surface area contributed by atoms with Gasteiger partial charge in [0.2, 0.25) is 11.8 Å². The first-order chi connectivity index (χ1) is 15.2. The van der Waals surface area contributed by atoms with Crippen molar-refractivity contribution in [2.24, 2.45) is 11.8 Å². The summed E-state index contributed by atoms with van der Waals surface area (Å²) in [4.78, 5) is 22.9. The third-order valence-electron chi connectivity index (χ3n) is 6.26. The number of carbonyl (C=O) groups excluding carboxylic acids is 2. The summed E-state index contributed by atoms with van der Waals surface area (Å²) >= 11 is 0. The first-order valence-electron chi connectivity index (χ1n) is 11.3. The molecule has 0 radical (unpaired) electrons. The zero-order valence-electron chi connectivity index (χ0n) is 18.5. The van der Waals surface area contributed by atoms with Gasteiger partial charge in [-0.05, 0) is 61.6 Å². The van der Waals surface area contributed by atoms with Crippen LogP contribution < -0.4 is 10.1 Å². The number of hydrogen-bond donors (Lipinski definition) is 1. The molecule has 2 amide bonds. The van der Waals surface area contributed by atoms with Crippen molar-refractivity contribution in [1.29, 1.82) is 0 Å². The van der Waals surface area contributed by atoms with Crippen molar-refractivity contribution in [3.63, 3.8) is 0 Å². The van der Waals surface area contributed by atoms with E-state index in [2.05, 4.69) is 5.32 Å². The van der Waals surface area contributed by atoms with Gasteiger partial charge in [-0.25, -0.2) is 12.8 Å². The topological polar surface area (TPSA) is 89.5 Å². The molecular formula is C24H32FNO5S. The molecule has 6 nitrogen and oxygen atoms in total. The van der Waals surface area contributed by atoms with Crippen molar-refractivity contribution in [3.8, 4) is 5.75 Å². The van der Waals surface area contributed by atoms with Gasteiger partial charge in [-0.2, -0.15) is 0 Å². The molecule has 0 spiro atoms. The molecule has 2 atom stereocenters. The van der Waals surface area contributed by atoms with Crippen LogP contribution in [0.2, 0.25) is 0 Å². The highest BCUT2D eigenvalue weighted by Gasteiger charge is 2.25. The number of carbonyl (C=O) groups is 2. The third kappa shape index (κ3) is 7.15. The number of allylic oxidation sites excluding steroid dienone is 2. The minimum atomic E-state index is -3.31. The van der Waals surface area contributed by atoms with Crippen LogP contribution in [-0.4, -0.2) is 38.3 Å². The molecule has 8 heteroatoms. The molecule has 0 bridgehead atoms. The van der Waals surface area contributed by atoms with E-state index in [1.165, 1.54) is 12.5 Å². The number of sulfone groups is 1. The molecule has 2 aliphatic rings. The molecule has 1 saturated heterocycles. The van der Waals surface area contributed by atoms with Gasteiger partial charge < -0.3 is 4.74 Å². The van der Waals surface area contributed by atoms with Crippen LogP contribution in [0.5, 0.6) is 5.75 Å². The Morgan fingerprint density at radius 2 is 2.00 bits per heavy atom. The van der Waals surface area contributed by atoms with Crippen molar-refractivity contribution in [1.82, 2.24) is 5.32 Å². The van der Waals surface area contributed by atoms with E-state index in [0.717, 1.165) is 18.4 Å². The standard InChI is InChI=1S/C24H32FNO5S/c1-17(20-9-11-21(25)22(14-20)31-15-18-6-5-7-18)16-32(29,30)13-4-2-3-8-19-10-12-23(27)26-24(19)28/h2-3,9,11,14,17-19H,4-8,10,12-13,15-16H2,1H3,(H,26,27,28)/b3-2+/t17-,19?/m0/s1. The fourth-order valence-corrected chi connectivity index (χ4v) is 5.57. The number of piperidine rings is 1. The maximum Gasteiger partial charge on any atom is 0.229 e. The van der Waals surface area contributed by atoms with Crippen LogP contribution in [0.4, 0.5) is 4.39 Å². The molecular weight excluding hydrogens is 433 g/mol. The number of nitrogens with one attached hydrogen (secondary N) is 1. The minimum absolute atomic E-state index is 0.00935. The van der Waals surface area contributed by atoms with Crippen LogP contribution in [0, 0.1) is 17.7 Å². The number of hydrogen-bond acceptors (Lipinski definition) is 5. The van der Waals surface area contributed by atoms with Crippen LogP contribution in [-0.2, 0) is 19.4 Å². The Labute approximate surface area is 189 Å². The Balaban J connectivity index is 1.45. The van der Waals surface area contributed by atoms with Crippen molar-refractivity contribution in [2.45, 2.75) is 57.8 Å². The molecule has 32 heavy (non-hydrogen) atoms. The summed E-state index contributed by atoms with van der Waals surface area (Å²) in [6.07, 6.45) is 8.71.